The van der Waals surface area contributed by atoms with E-state index in [0.717, 1.165) is 30.1 Å². The number of nitrogens with two attached hydrogens (primary N) is 1. The summed E-state index contributed by atoms with van der Waals surface area (Å²) in [7, 11) is 0. The van der Waals surface area contributed by atoms with Crippen LogP contribution in [-0.4, -0.2) is 39.7 Å². The van der Waals surface area contributed by atoms with Crippen molar-refractivity contribution >= 4 is 6.09 Å². The summed E-state index contributed by atoms with van der Waals surface area (Å²) in [5.74, 6) is 0.901. The van der Waals surface area contributed by atoms with Gasteiger partial charge in [0.1, 0.15) is 11.4 Å². The average molecular weight is 266 g/mol. The molecule has 19 heavy (non-hydrogen) atoms. The van der Waals surface area contributed by atoms with Gasteiger partial charge < -0.3 is 20.4 Å². The highest BCUT2D eigenvalue weighted by molar-refractivity contribution is 5.68. The molecule has 6 nitrogen and oxygen atoms in total. The molecule has 3 N–H and O–H groups in total. The van der Waals surface area contributed by atoms with Crippen LogP contribution in [0.1, 0.15) is 38.0 Å². The summed E-state index contributed by atoms with van der Waals surface area (Å²) in [6.07, 6.45) is 1.22. The zero-order chi connectivity index (χ0) is 14.0. The monoisotopic (exact) mass is 266 g/mol. The van der Waals surface area contributed by atoms with Crippen LogP contribution >= 0.6 is 0 Å². The molecule has 0 fully saturated rings. The third-order valence-corrected chi connectivity index (χ3v) is 2.91. The SMILES string of the molecule is CC(C)(C)OC(=O)N1CCc2nc(CCN)[nH]c2C1. The van der Waals surface area contributed by atoms with Gasteiger partial charge in [0.15, 0.2) is 0 Å². The van der Waals surface area contributed by atoms with Gasteiger partial charge in [0.25, 0.3) is 0 Å². The third kappa shape index (κ3) is 3.47. The summed E-state index contributed by atoms with van der Waals surface area (Å²) in [5, 5.41) is 0. The third-order valence-electron chi connectivity index (χ3n) is 2.91. The maximum atomic E-state index is 12.0. The van der Waals surface area contributed by atoms with Crippen molar-refractivity contribution in [2.45, 2.75) is 45.8 Å². The lowest BCUT2D eigenvalue weighted by Crippen LogP contribution is -2.39. The minimum absolute atomic E-state index is 0.270. The maximum Gasteiger partial charge on any atom is 0.410 e. The van der Waals surface area contributed by atoms with E-state index in [-0.39, 0.29) is 6.09 Å². The van der Waals surface area contributed by atoms with Gasteiger partial charge in [0.05, 0.1) is 17.9 Å². The fourth-order valence-electron chi connectivity index (χ4n) is 2.09. The Labute approximate surface area is 113 Å². The van der Waals surface area contributed by atoms with Crippen LogP contribution in [-0.2, 0) is 24.1 Å². The molecule has 2 rings (SSSR count). The van der Waals surface area contributed by atoms with E-state index >= 15 is 0 Å². The Morgan fingerprint density at radius 1 is 1.53 bits per heavy atom. The number of carbonyl (C=O) groups is 1. The van der Waals surface area contributed by atoms with Gasteiger partial charge in [-0.1, -0.05) is 0 Å². The number of hydrogen-bond donors (Lipinski definition) is 2. The quantitative estimate of drug-likeness (QED) is 0.842. The number of fused-ring (bicyclic) bond motifs is 1. The van der Waals surface area contributed by atoms with Crippen molar-refractivity contribution in [3.05, 3.63) is 17.2 Å². The molecule has 1 aliphatic heterocycles. The number of imidazole rings is 1. The lowest BCUT2D eigenvalue weighted by atomic mass is 10.1. The molecule has 0 bridgehead atoms. The summed E-state index contributed by atoms with van der Waals surface area (Å²) in [4.78, 5) is 21.4. The Morgan fingerprint density at radius 2 is 2.26 bits per heavy atom. The molecule has 106 valence electrons. The zero-order valence-corrected chi connectivity index (χ0v) is 11.8. The Morgan fingerprint density at radius 3 is 2.89 bits per heavy atom. The molecular formula is C13H22N4O2. The second kappa shape index (κ2) is 5.21. The van der Waals surface area contributed by atoms with Crippen LogP contribution in [0, 0.1) is 0 Å². The Balaban J connectivity index is 2.03. The summed E-state index contributed by atoms with van der Waals surface area (Å²) in [6.45, 7) is 7.36. The Hall–Kier alpha value is -1.56. The number of H-pyrrole nitrogens is 1. The molecule has 1 aliphatic rings. The molecular weight excluding hydrogens is 244 g/mol. The predicted molar refractivity (Wildman–Crippen MR) is 71.7 cm³/mol. The van der Waals surface area contributed by atoms with Crippen LogP contribution < -0.4 is 5.73 Å². The molecule has 1 aromatic rings. The molecule has 0 saturated carbocycles. The van der Waals surface area contributed by atoms with Crippen molar-refractivity contribution in [2.24, 2.45) is 5.73 Å². The van der Waals surface area contributed by atoms with Gasteiger partial charge in [-0.2, -0.15) is 0 Å². The molecule has 0 unspecified atom stereocenters. The van der Waals surface area contributed by atoms with E-state index in [1.54, 1.807) is 4.90 Å². The molecule has 0 spiro atoms. The van der Waals surface area contributed by atoms with Crippen LogP contribution in [0.3, 0.4) is 0 Å². The number of aromatic amines is 1. The minimum Gasteiger partial charge on any atom is -0.444 e. The highest BCUT2D eigenvalue weighted by atomic mass is 16.6. The van der Waals surface area contributed by atoms with E-state index in [2.05, 4.69) is 9.97 Å². The first-order chi connectivity index (χ1) is 8.89. The first-order valence-corrected chi connectivity index (χ1v) is 6.63. The number of rotatable bonds is 2. The average Bonchev–Trinajstić information content (AvgIpc) is 2.68. The molecule has 1 aromatic heterocycles. The summed E-state index contributed by atoms with van der Waals surface area (Å²) < 4.78 is 5.38. The standard InChI is InChI=1S/C13H22N4O2/c1-13(2,3)19-12(18)17-7-5-9-10(8-17)16-11(15-9)4-6-14/h4-8,14H2,1-3H3,(H,15,16). The van der Waals surface area contributed by atoms with Crippen molar-refractivity contribution in [3.63, 3.8) is 0 Å². The second-order valence-electron chi connectivity index (χ2n) is 5.80. The van der Waals surface area contributed by atoms with E-state index < -0.39 is 5.60 Å². The van der Waals surface area contributed by atoms with Crippen LogP contribution in [0.5, 0.6) is 0 Å². The van der Waals surface area contributed by atoms with Crippen LogP contribution in [0.15, 0.2) is 0 Å². The number of aromatic nitrogens is 2. The maximum absolute atomic E-state index is 12.0. The highest BCUT2D eigenvalue weighted by Crippen LogP contribution is 2.19. The van der Waals surface area contributed by atoms with Crippen LogP contribution in [0.2, 0.25) is 0 Å². The topological polar surface area (TPSA) is 84.2 Å². The zero-order valence-electron chi connectivity index (χ0n) is 11.8. The van der Waals surface area contributed by atoms with Crippen LogP contribution in [0.25, 0.3) is 0 Å². The first-order valence-electron chi connectivity index (χ1n) is 6.63. The lowest BCUT2D eigenvalue weighted by Gasteiger charge is -2.29. The fraction of sp³-hybridized carbons (Fsp3) is 0.692. The normalized spacial score (nSPS) is 15.3. The van der Waals surface area contributed by atoms with Crippen molar-refractivity contribution in [1.82, 2.24) is 14.9 Å². The lowest BCUT2D eigenvalue weighted by molar-refractivity contribution is 0.0221. The summed E-state index contributed by atoms with van der Waals surface area (Å²) in [6, 6.07) is 0. The predicted octanol–water partition coefficient (Wildman–Crippen LogP) is 1.20. The van der Waals surface area contributed by atoms with E-state index in [1.165, 1.54) is 0 Å². The summed E-state index contributed by atoms with van der Waals surface area (Å²) >= 11 is 0. The smallest absolute Gasteiger partial charge is 0.410 e. The van der Waals surface area contributed by atoms with Crippen LogP contribution in [0.4, 0.5) is 4.79 Å². The summed E-state index contributed by atoms with van der Waals surface area (Å²) in [5.41, 5.74) is 7.10. The minimum atomic E-state index is -0.462. The largest absolute Gasteiger partial charge is 0.444 e. The molecule has 6 heteroatoms. The Bertz CT molecular complexity index is 462. The second-order valence-corrected chi connectivity index (χ2v) is 5.80. The van der Waals surface area contributed by atoms with Gasteiger partial charge in [-0.15, -0.1) is 0 Å². The molecule has 0 aromatic carbocycles. The molecule has 2 heterocycles. The van der Waals surface area contributed by atoms with Gasteiger partial charge in [-0.05, 0) is 27.3 Å². The fourth-order valence-corrected chi connectivity index (χ4v) is 2.09. The van der Waals surface area contributed by atoms with Crippen molar-refractivity contribution < 1.29 is 9.53 Å². The van der Waals surface area contributed by atoms with Gasteiger partial charge in [0.2, 0.25) is 0 Å². The number of hydrogen-bond acceptors (Lipinski definition) is 4. The van der Waals surface area contributed by atoms with Gasteiger partial charge >= 0.3 is 6.09 Å². The van der Waals surface area contributed by atoms with Crippen molar-refractivity contribution in [3.8, 4) is 0 Å². The number of carbonyl (C=O) groups excluding carboxylic acids is 1. The first kappa shape index (κ1) is 13.9. The van der Waals surface area contributed by atoms with Crippen molar-refractivity contribution in [2.75, 3.05) is 13.1 Å². The molecule has 0 saturated heterocycles. The van der Waals surface area contributed by atoms with E-state index in [0.29, 0.717) is 19.6 Å². The molecule has 0 aliphatic carbocycles. The van der Waals surface area contributed by atoms with E-state index in [1.807, 2.05) is 20.8 Å². The van der Waals surface area contributed by atoms with Gasteiger partial charge in [-0.3, -0.25) is 0 Å². The molecule has 1 amide bonds. The highest BCUT2D eigenvalue weighted by Gasteiger charge is 2.27. The van der Waals surface area contributed by atoms with Crippen molar-refractivity contribution in [1.29, 1.82) is 0 Å². The Kier molecular flexibility index (Phi) is 3.80. The molecule has 0 atom stereocenters. The number of ether oxygens (including phenoxy) is 1. The van der Waals surface area contributed by atoms with Gasteiger partial charge in [0, 0.05) is 19.4 Å². The number of amides is 1. The number of nitrogens with one attached hydrogen (secondary N) is 1. The van der Waals surface area contributed by atoms with Gasteiger partial charge in [-0.25, -0.2) is 9.78 Å². The van der Waals surface area contributed by atoms with E-state index in [4.69, 9.17) is 10.5 Å². The molecule has 0 radical (unpaired) electrons. The number of nitrogens with zero attached hydrogens (tertiary/aromatic N) is 2. The van der Waals surface area contributed by atoms with E-state index in [9.17, 15) is 4.79 Å².